The Morgan fingerprint density at radius 2 is 2.24 bits per heavy atom. The van der Waals surface area contributed by atoms with Crippen LogP contribution in [-0.2, 0) is 14.3 Å². The Morgan fingerprint density at radius 3 is 2.81 bits per heavy atom. The first-order valence-electron chi connectivity index (χ1n) is 6.78. The summed E-state index contributed by atoms with van der Waals surface area (Å²) < 4.78 is 9.93. The lowest BCUT2D eigenvalue weighted by Gasteiger charge is -2.31. The SMILES string of the molecule is COC(=O)C1CN(C(=O)c2n[nH]c(C(C)C)c2N)CCO1. The summed E-state index contributed by atoms with van der Waals surface area (Å²) in [7, 11) is 1.28. The Labute approximate surface area is 122 Å². The molecule has 0 radical (unpaired) electrons. The summed E-state index contributed by atoms with van der Waals surface area (Å²) in [5.74, 6) is -0.662. The van der Waals surface area contributed by atoms with Crippen molar-refractivity contribution in [2.75, 3.05) is 32.5 Å². The fraction of sp³-hybridized carbons (Fsp3) is 0.615. The number of nitrogen functional groups attached to an aromatic ring is 1. The molecule has 0 aliphatic carbocycles. The van der Waals surface area contributed by atoms with Crippen LogP contribution in [0, 0.1) is 0 Å². The Kier molecular flexibility index (Phi) is 4.46. The second-order valence-corrected chi connectivity index (χ2v) is 5.19. The summed E-state index contributed by atoms with van der Waals surface area (Å²) in [5.41, 5.74) is 7.24. The van der Waals surface area contributed by atoms with Crippen LogP contribution in [0.3, 0.4) is 0 Å². The Hall–Kier alpha value is -2.09. The summed E-state index contributed by atoms with van der Waals surface area (Å²) in [6, 6.07) is 0. The van der Waals surface area contributed by atoms with Crippen molar-refractivity contribution in [1.29, 1.82) is 0 Å². The predicted molar refractivity (Wildman–Crippen MR) is 74.7 cm³/mol. The topological polar surface area (TPSA) is 111 Å². The third-order valence-electron chi connectivity index (χ3n) is 3.43. The number of aromatic nitrogens is 2. The molecule has 8 nitrogen and oxygen atoms in total. The number of anilines is 1. The van der Waals surface area contributed by atoms with Gasteiger partial charge < -0.3 is 20.1 Å². The summed E-state index contributed by atoms with van der Waals surface area (Å²) in [5, 5.41) is 6.80. The van der Waals surface area contributed by atoms with E-state index in [-0.39, 0.29) is 30.7 Å². The third-order valence-corrected chi connectivity index (χ3v) is 3.43. The van der Waals surface area contributed by atoms with E-state index in [4.69, 9.17) is 10.5 Å². The number of nitrogens with one attached hydrogen (secondary N) is 1. The smallest absolute Gasteiger partial charge is 0.336 e. The van der Waals surface area contributed by atoms with Gasteiger partial charge >= 0.3 is 5.97 Å². The number of H-pyrrole nitrogens is 1. The molecule has 1 fully saturated rings. The van der Waals surface area contributed by atoms with Gasteiger partial charge in [0.05, 0.1) is 31.6 Å². The highest BCUT2D eigenvalue weighted by molar-refractivity contribution is 5.98. The van der Waals surface area contributed by atoms with Crippen molar-refractivity contribution in [3.8, 4) is 0 Å². The molecule has 1 saturated heterocycles. The van der Waals surface area contributed by atoms with Gasteiger partial charge in [-0.1, -0.05) is 13.8 Å². The van der Waals surface area contributed by atoms with Gasteiger partial charge in [0.15, 0.2) is 11.8 Å². The Morgan fingerprint density at radius 1 is 1.52 bits per heavy atom. The molecular weight excluding hydrogens is 276 g/mol. The Bertz CT molecular complexity index is 540. The number of aromatic amines is 1. The van der Waals surface area contributed by atoms with Crippen LogP contribution < -0.4 is 5.73 Å². The first-order valence-corrected chi connectivity index (χ1v) is 6.78. The van der Waals surface area contributed by atoms with Crippen LogP contribution >= 0.6 is 0 Å². The summed E-state index contributed by atoms with van der Waals surface area (Å²) >= 11 is 0. The molecular formula is C13H20N4O4. The lowest BCUT2D eigenvalue weighted by molar-refractivity contribution is -0.158. The zero-order chi connectivity index (χ0) is 15.6. The highest BCUT2D eigenvalue weighted by Gasteiger charge is 2.32. The van der Waals surface area contributed by atoms with E-state index in [0.717, 1.165) is 5.69 Å². The molecule has 0 bridgehead atoms. The number of nitrogens with zero attached hydrogens (tertiary/aromatic N) is 2. The maximum absolute atomic E-state index is 12.5. The molecule has 3 N–H and O–H groups in total. The van der Waals surface area contributed by atoms with E-state index in [1.807, 2.05) is 13.8 Å². The second kappa shape index (κ2) is 6.13. The van der Waals surface area contributed by atoms with Crippen LogP contribution in [0.25, 0.3) is 0 Å². The van der Waals surface area contributed by atoms with Crippen molar-refractivity contribution < 1.29 is 19.1 Å². The number of carbonyl (C=O) groups is 2. The van der Waals surface area contributed by atoms with Crippen molar-refractivity contribution in [3.63, 3.8) is 0 Å². The average molecular weight is 296 g/mol. The summed E-state index contributed by atoms with van der Waals surface area (Å²) in [6.45, 7) is 4.71. The van der Waals surface area contributed by atoms with Gasteiger partial charge in [0.1, 0.15) is 0 Å². The van der Waals surface area contributed by atoms with Crippen LogP contribution in [0.2, 0.25) is 0 Å². The van der Waals surface area contributed by atoms with Gasteiger partial charge in [-0.25, -0.2) is 4.79 Å². The minimum Gasteiger partial charge on any atom is -0.467 e. The second-order valence-electron chi connectivity index (χ2n) is 5.19. The van der Waals surface area contributed by atoms with Gasteiger partial charge in [0.2, 0.25) is 0 Å². The van der Waals surface area contributed by atoms with Gasteiger partial charge in [0, 0.05) is 6.54 Å². The average Bonchev–Trinajstić information content (AvgIpc) is 2.87. The van der Waals surface area contributed by atoms with Gasteiger partial charge in [-0.2, -0.15) is 5.10 Å². The zero-order valence-electron chi connectivity index (χ0n) is 12.4. The fourth-order valence-corrected chi connectivity index (χ4v) is 2.22. The van der Waals surface area contributed by atoms with E-state index in [2.05, 4.69) is 14.9 Å². The number of morpholine rings is 1. The molecule has 1 aromatic rings. The Balaban J connectivity index is 2.14. The van der Waals surface area contributed by atoms with E-state index >= 15 is 0 Å². The molecule has 1 atom stereocenters. The van der Waals surface area contributed by atoms with Crippen LogP contribution in [-0.4, -0.2) is 59.9 Å². The minimum absolute atomic E-state index is 0.134. The predicted octanol–water partition coefficient (Wildman–Crippen LogP) is 0.129. The third kappa shape index (κ3) is 2.99. The maximum atomic E-state index is 12.5. The molecule has 8 heteroatoms. The first kappa shape index (κ1) is 15.3. The van der Waals surface area contributed by atoms with Crippen molar-refractivity contribution in [2.45, 2.75) is 25.9 Å². The van der Waals surface area contributed by atoms with E-state index in [1.165, 1.54) is 12.0 Å². The number of carbonyl (C=O) groups excluding carboxylic acids is 2. The molecule has 1 aliphatic heterocycles. The summed E-state index contributed by atoms with van der Waals surface area (Å²) in [4.78, 5) is 25.5. The normalized spacial score (nSPS) is 18.9. The number of rotatable bonds is 3. The number of hydrogen-bond acceptors (Lipinski definition) is 6. The van der Waals surface area contributed by atoms with E-state index in [0.29, 0.717) is 12.2 Å². The largest absolute Gasteiger partial charge is 0.467 e. The molecule has 0 saturated carbocycles. The van der Waals surface area contributed by atoms with Gasteiger partial charge in [-0.3, -0.25) is 9.89 Å². The number of amides is 1. The van der Waals surface area contributed by atoms with Crippen LogP contribution in [0.4, 0.5) is 5.69 Å². The standard InChI is InChI=1S/C13H20N4O4/c1-7(2)10-9(14)11(16-15-10)12(18)17-4-5-21-8(6-17)13(19)20-3/h7-8H,4-6,14H2,1-3H3,(H,15,16). The highest BCUT2D eigenvalue weighted by Crippen LogP contribution is 2.23. The molecule has 1 aliphatic rings. The number of ether oxygens (including phenoxy) is 2. The van der Waals surface area contributed by atoms with E-state index in [9.17, 15) is 9.59 Å². The number of esters is 1. The molecule has 0 spiro atoms. The lowest BCUT2D eigenvalue weighted by Crippen LogP contribution is -2.49. The number of hydrogen-bond donors (Lipinski definition) is 2. The first-order chi connectivity index (χ1) is 9.95. The monoisotopic (exact) mass is 296 g/mol. The minimum atomic E-state index is -0.766. The van der Waals surface area contributed by atoms with Crippen LogP contribution in [0.1, 0.15) is 35.9 Å². The van der Waals surface area contributed by atoms with Crippen LogP contribution in [0.5, 0.6) is 0 Å². The zero-order valence-corrected chi connectivity index (χ0v) is 12.4. The van der Waals surface area contributed by atoms with Gasteiger partial charge in [0.25, 0.3) is 5.91 Å². The van der Waals surface area contributed by atoms with Crippen molar-refractivity contribution >= 4 is 17.6 Å². The lowest BCUT2D eigenvalue weighted by atomic mass is 10.1. The molecule has 1 amide bonds. The van der Waals surface area contributed by atoms with E-state index < -0.39 is 12.1 Å². The van der Waals surface area contributed by atoms with Crippen molar-refractivity contribution in [1.82, 2.24) is 15.1 Å². The molecule has 2 rings (SSSR count). The van der Waals surface area contributed by atoms with Gasteiger partial charge in [-0.15, -0.1) is 0 Å². The molecule has 1 aromatic heterocycles. The van der Waals surface area contributed by atoms with Crippen LogP contribution in [0.15, 0.2) is 0 Å². The van der Waals surface area contributed by atoms with E-state index in [1.54, 1.807) is 0 Å². The van der Waals surface area contributed by atoms with Gasteiger partial charge in [-0.05, 0) is 5.92 Å². The van der Waals surface area contributed by atoms with Crippen molar-refractivity contribution in [3.05, 3.63) is 11.4 Å². The number of methoxy groups -OCH3 is 1. The molecule has 21 heavy (non-hydrogen) atoms. The molecule has 0 aromatic carbocycles. The maximum Gasteiger partial charge on any atom is 0.336 e. The fourth-order valence-electron chi connectivity index (χ4n) is 2.22. The van der Waals surface area contributed by atoms with Crippen molar-refractivity contribution in [2.24, 2.45) is 0 Å². The molecule has 2 heterocycles. The molecule has 116 valence electrons. The quantitative estimate of drug-likeness (QED) is 0.767. The number of nitrogens with two attached hydrogens (primary N) is 1. The summed E-state index contributed by atoms with van der Waals surface area (Å²) in [6.07, 6.45) is -0.766. The molecule has 1 unspecified atom stereocenters. The highest BCUT2D eigenvalue weighted by atomic mass is 16.6.